The molecule has 0 saturated carbocycles. The lowest BCUT2D eigenvalue weighted by Crippen LogP contribution is -2.30. The minimum absolute atomic E-state index is 0.0955. The maximum atomic E-state index is 12.2. The predicted molar refractivity (Wildman–Crippen MR) is 89.8 cm³/mol. The summed E-state index contributed by atoms with van der Waals surface area (Å²) in [7, 11) is 0. The van der Waals surface area contributed by atoms with Gasteiger partial charge in [-0.1, -0.05) is 13.8 Å². The van der Waals surface area contributed by atoms with Crippen LogP contribution in [0.15, 0.2) is 0 Å². The molecule has 0 aliphatic carbocycles. The van der Waals surface area contributed by atoms with E-state index in [0.717, 1.165) is 0 Å². The fraction of sp³-hybridized carbons (Fsp3) is 0.824. The average Bonchev–Trinajstić information content (AvgIpc) is 2.64. The Morgan fingerprint density at radius 3 is 1.58 bits per heavy atom. The molecule has 0 radical (unpaired) electrons. The van der Waals surface area contributed by atoms with Crippen LogP contribution >= 0.6 is 0 Å². The quantitative estimate of drug-likeness (QED) is 0.273. The van der Waals surface area contributed by atoms with Crippen LogP contribution in [0.4, 0.5) is 0 Å². The second kappa shape index (κ2) is 14.5. The Hall–Kier alpha value is -1.71. The van der Waals surface area contributed by atoms with E-state index in [-0.39, 0.29) is 52.5 Å². The van der Waals surface area contributed by atoms with Crippen molar-refractivity contribution in [2.75, 3.05) is 39.6 Å². The molecule has 152 valence electrons. The molecule has 0 saturated heterocycles. The minimum atomic E-state index is -0.759. The van der Waals surface area contributed by atoms with Gasteiger partial charge < -0.3 is 29.5 Å². The van der Waals surface area contributed by atoms with Crippen LogP contribution in [0.1, 0.15) is 33.1 Å². The van der Waals surface area contributed by atoms with Gasteiger partial charge in [0, 0.05) is 0 Å². The Morgan fingerprint density at radius 1 is 0.731 bits per heavy atom. The SMILES string of the molecule is CCC(CC(CC(C)C(=O)OCCO)C(=O)OCCO)C(=O)OCCO. The van der Waals surface area contributed by atoms with E-state index in [1.165, 1.54) is 0 Å². The third-order valence-electron chi connectivity index (χ3n) is 3.78. The molecule has 9 nitrogen and oxygen atoms in total. The molecule has 3 atom stereocenters. The van der Waals surface area contributed by atoms with Crippen molar-refractivity contribution >= 4 is 17.9 Å². The molecule has 0 amide bonds. The lowest BCUT2D eigenvalue weighted by molar-refractivity contribution is -0.156. The van der Waals surface area contributed by atoms with Crippen LogP contribution in [0.25, 0.3) is 0 Å². The van der Waals surface area contributed by atoms with Crippen LogP contribution in [0, 0.1) is 17.8 Å². The summed E-state index contributed by atoms with van der Waals surface area (Å²) in [6.45, 7) is 1.99. The molecule has 0 fully saturated rings. The molecule has 0 heterocycles. The van der Waals surface area contributed by atoms with Gasteiger partial charge in [-0.05, 0) is 19.3 Å². The highest BCUT2D eigenvalue weighted by molar-refractivity contribution is 5.77. The number of rotatable bonds is 14. The van der Waals surface area contributed by atoms with Gasteiger partial charge in [-0.3, -0.25) is 14.4 Å². The van der Waals surface area contributed by atoms with Crippen molar-refractivity contribution in [3.63, 3.8) is 0 Å². The molecule has 0 aliphatic heterocycles. The van der Waals surface area contributed by atoms with Gasteiger partial charge in [0.2, 0.25) is 0 Å². The van der Waals surface area contributed by atoms with Gasteiger partial charge in [-0.2, -0.15) is 0 Å². The van der Waals surface area contributed by atoms with Crippen molar-refractivity contribution in [1.29, 1.82) is 0 Å². The average molecular weight is 378 g/mol. The van der Waals surface area contributed by atoms with Crippen LogP contribution in [-0.4, -0.2) is 72.9 Å². The molecule has 0 rings (SSSR count). The Balaban J connectivity index is 4.99. The highest BCUT2D eigenvalue weighted by Crippen LogP contribution is 2.25. The molecule has 3 unspecified atom stereocenters. The smallest absolute Gasteiger partial charge is 0.309 e. The van der Waals surface area contributed by atoms with Gasteiger partial charge in [-0.25, -0.2) is 0 Å². The summed E-state index contributed by atoms with van der Waals surface area (Å²) in [6.07, 6.45) is 0.623. The maximum absolute atomic E-state index is 12.2. The van der Waals surface area contributed by atoms with Crippen LogP contribution in [0.3, 0.4) is 0 Å². The second-order valence-electron chi connectivity index (χ2n) is 5.85. The molecule has 0 aromatic rings. The number of esters is 3. The maximum Gasteiger partial charge on any atom is 0.309 e. The number of ether oxygens (including phenoxy) is 3. The van der Waals surface area contributed by atoms with E-state index in [0.29, 0.717) is 6.42 Å². The first-order valence-electron chi connectivity index (χ1n) is 8.73. The summed E-state index contributed by atoms with van der Waals surface area (Å²) in [4.78, 5) is 36.1. The second-order valence-corrected chi connectivity index (χ2v) is 5.85. The first kappa shape index (κ1) is 24.3. The van der Waals surface area contributed by atoms with E-state index in [9.17, 15) is 14.4 Å². The Labute approximate surface area is 153 Å². The normalized spacial score (nSPS) is 14.2. The highest BCUT2D eigenvalue weighted by Gasteiger charge is 2.31. The summed E-state index contributed by atoms with van der Waals surface area (Å²) in [5, 5.41) is 26.3. The van der Waals surface area contributed by atoms with E-state index in [1.54, 1.807) is 13.8 Å². The fourth-order valence-corrected chi connectivity index (χ4v) is 2.40. The van der Waals surface area contributed by atoms with Gasteiger partial charge in [-0.15, -0.1) is 0 Å². The van der Waals surface area contributed by atoms with E-state index in [1.807, 2.05) is 0 Å². The van der Waals surface area contributed by atoms with Crippen molar-refractivity contribution in [1.82, 2.24) is 0 Å². The lowest BCUT2D eigenvalue weighted by atomic mass is 9.86. The van der Waals surface area contributed by atoms with E-state index in [2.05, 4.69) is 0 Å². The van der Waals surface area contributed by atoms with Crippen LogP contribution in [0.5, 0.6) is 0 Å². The molecule has 0 spiro atoms. The van der Waals surface area contributed by atoms with Crippen molar-refractivity contribution in [2.45, 2.75) is 33.1 Å². The molecular formula is C17H30O9. The van der Waals surface area contributed by atoms with Gasteiger partial charge >= 0.3 is 17.9 Å². The Morgan fingerprint density at radius 2 is 1.15 bits per heavy atom. The molecule has 0 aromatic heterocycles. The first-order chi connectivity index (χ1) is 12.4. The van der Waals surface area contributed by atoms with Gasteiger partial charge in [0.25, 0.3) is 0 Å². The van der Waals surface area contributed by atoms with Gasteiger partial charge in [0.05, 0.1) is 37.6 Å². The van der Waals surface area contributed by atoms with Crippen molar-refractivity contribution in [2.24, 2.45) is 17.8 Å². The summed E-state index contributed by atoms with van der Waals surface area (Å²) < 4.78 is 14.7. The summed E-state index contributed by atoms with van der Waals surface area (Å²) in [6, 6.07) is 0. The van der Waals surface area contributed by atoms with Gasteiger partial charge in [0.1, 0.15) is 19.8 Å². The molecule has 26 heavy (non-hydrogen) atoms. The molecule has 3 N–H and O–H groups in total. The fourth-order valence-electron chi connectivity index (χ4n) is 2.40. The Bertz CT molecular complexity index is 424. The van der Waals surface area contributed by atoms with Crippen molar-refractivity contribution in [3.8, 4) is 0 Å². The number of aliphatic hydroxyl groups is 3. The summed E-state index contributed by atoms with van der Waals surface area (Å²) >= 11 is 0. The monoisotopic (exact) mass is 378 g/mol. The summed E-state index contributed by atoms with van der Waals surface area (Å²) in [5.41, 5.74) is 0. The zero-order valence-corrected chi connectivity index (χ0v) is 15.4. The minimum Gasteiger partial charge on any atom is -0.463 e. The van der Waals surface area contributed by atoms with E-state index >= 15 is 0 Å². The number of hydrogen-bond acceptors (Lipinski definition) is 9. The largest absolute Gasteiger partial charge is 0.463 e. The molecular weight excluding hydrogens is 348 g/mol. The number of carbonyl (C=O) groups is 3. The molecule has 0 bridgehead atoms. The Kier molecular flexibility index (Phi) is 13.5. The molecule has 0 aliphatic rings. The number of hydrogen-bond donors (Lipinski definition) is 3. The third kappa shape index (κ3) is 9.69. The summed E-state index contributed by atoms with van der Waals surface area (Å²) in [5.74, 6) is -3.70. The van der Waals surface area contributed by atoms with Crippen LogP contribution < -0.4 is 0 Å². The van der Waals surface area contributed by atoms with Crippen molar-refractivity contribution in [3.05, 3.63) is 0 Å². The number of carbonyl (C=O) groups excluding carboxylic acids is 3. The van der Waals surface area contributed by atoms with E-state index < -0.39 is 35.7 Å². The van der Waals surface area contributed by atoms with Gasteiger partial charge in [0.15, 0.2) is 0 Å². The zero-order valence-electron chi connectivity index (χ0n) is 15.4. The van der Waals surface area contributed by atoms with E-state index in [4.69, 9.17) is 29.5 Å². The predicted octanol–water partition coefficient (Wildman–Crippen LogP) is -0.348. The lowest BCUT2D eigenvalue weighted by Gasteiger charge is -2.22. The van der Waals surface area contributed by atoms with Crippen LogP contribution in [0.2, 0.25) is 0 Å². The van der Waals surface area contributed by atoms with Crippen LogP contribution in [-0.2, 0) is 28.6 Å². The third-order valence-corrected chi connectivity index (χ3v) is 3.78. The molecule has 9 heteroatoms. The topological polar surface area (TPSA) is 140 Å². The van der Waals surface area contributed by atoms with Crippen molar-refractivity contribution < 1.29 is 43.9 Å². The molecule has 0 aromatic carbocycles. The highest BCUT2D eigenvalue weighted by atomic mass is 16.5. The standard InChI is InChI=1S/C17H30O9/c1-3-13(16(22)25-8-5-19)11-14(17(23)26-9-6-20)10-12(2)15(21)24-7-4-18/h12-14,18-20H,3-11H2,1-2H3. The zero-order chi connectivity index (χ0) is 19.9. The number of aliphatic hydroxyl groups excluding tert-OH is 3. The first-order valence-corrected chi connectivity index (χ1v) is 8.73.